The van der Waals surface area contributed by atoms with E-state index in [4.69, 9.17) is 4.42 Å². The van der Waals surface area contributed by atoms with E-state index in [1.54, 1.807) is 6.92 Å². The Labute approximate surface area is 160 Å². The molecule has 0 aliphatic heterocycles. The minimum Gasteiger partial charge on any atom is -0.459 e. The van der Waals surface area contributed by atoms with Gasteiger partial charge in [-0.1, -0.05) is 30.3 Å². The van der Waals surface area contributed by atoms with E-state index in [2.05, 4.69) is 10.6 Å². The van der Waals surface area contributed by atoms with Gasteiger partial charge in [-0.15, -0.1) is 0 Å². The molecule has 7 heteroatoms. The lowest BCUT2D eigenvalue weighted by molar-refractivity contribution is -0.137. The van der Waals surface area contributed by atoms with Crippen molar-refractivity contribution in [2.24, 2.45) is 0 Å². The van der Waals surface area contributed by atoms with Crippen molar-refractivity contribution in [3.8, 4) is 0 Å². The molecule has 1 aromatic heterocycles. The van der Waals surface area contributed by atoms with Crippen molar-refractivity contribution in [1.29, 1.82) is 0 Å². The summed E-state index contributed by atoms with van der Waals surface area (Å²) in [5.74, 6) is 0.240. The first-order valence-electron chi connectivity index (χ1n) is 8.94. The van der Waals surface area contributed by atoms with E-state index >= 15 is 0 Å². The molecular formula is C21H21F3N2O2. The van der Waals surface area contributed by atoms with Gasteiger partial charge >= 0.3 is 6.18 Å². The fourth-order valence-corrected chi connectivity index (χ4v) is 3.10. The summed E-state index contributed by atoms with van der Waals surface area (Å²) in [6.07, 6.45) is -4.50. The molecule has 28 heavy (non-hydrogen) atoms. The molecule has 0 fully saturated rings. The number of amides is 1. The Morgan fingerprint density at radius 1 is 1.07 bits per heavy atom. The highest BCUT2D eigenvalue weighted by atomic mass is 19.4. The zero-order chi connectivity index (χ0) is 20.3. The van der Waals surface area contributed by atoms with Gasteiger partial charge in [-0.05, 0) is 38.1 Å². The summed E-state index contributed by atoms with van der Waals surface area (Å²) in [7, 11) is 0. The predicted molar refractivity (Wildman–Crippen MR) is 102 cm³/mol. The maximum absolute atomic E-state index is 13.0. The molecule has 148 valence electrons. The van der Waals surface area contributed by atoms with Crippen LogP contribution < -0.4 is 10.6 Å². The van der Waals surface area contributed by atoms with Crippen LogP contribution in [0.3, 0.4) is 0 Å². The normalized spacial score (nSPS) is 14.0. The summed E-state index contributed by atoms with van der Waals surface area (Å²) >= 11 is 0. The van der Waals surface area contributed by atoms with Crippen LogP contribution in [0.1, 0.15) is 37.6 Å². The first-order chi connectivity index (χ1) is 13.2. The molecule has 0 spiro atoms. The van der Waals surface area contributed by atoms with E-state index in [-0.39, 0.29) is 24.2 Å². The number of nitrogens with one attached hydrogen (secondary N) is 2. The van der Waals surface area contributed by atoms with Crippen molar-refractivity contribution < 1.29 is 22.4 Å². The van der Waals surface area contributed by atoms with Crippen LogP contribution in [0.25, 0.3) is 11.0 Å². The largest absolute Gasteiger partial charge is 0.459 e. The molecule has 0 saturated heterocycles. The summed E-state index contributed by atoms with van der Waals surface area (Å²) < 4.78 is 44.9. The maximum Gasteiger partial charge on any atom is 0.418 e. The number of carbonyl (C=O) groups excluding carboxylic acids is 1. The number of carbonyl (C=O) groups is 1. The molecule has 0 aliphatic carbocycles. The van der Waals surface area contributed by atoms with Gasteiger partial charge in [0.15, 0.2) is 0 Å². The topological polar surface area (TPSA) is 54.3 Å². The Kier molecular flexibility index (Phi) is 5.74. The van der Waals surface area contributed by atoms with Crippen LogP contribution >= 0.6 is 0 Å². The van der Waals surface area contributed by atoms with Gasteiger partial charge in [-0.3, -0.25) is 4.79 Å². The molecule has 0 bridgehead atoms. The fraction of sp³-hybridized carbons (Fsp3) is 0.286. The van der Waals surface area contributed by atoms with Crippen LogP contribution in [0, 0.1) is 0 Å². The van der Waals surface area contributed by atoms with Crippen molar-refractivity contribution >= 4 is 22.6 Å². The minimum absolute atomic E-state index is 0.0246. The monoisotopic (exact) mass is 390 g/mol. The van der Waals surface area contributed by atoms with Crippen LogP contribution in [0.4, 0.5) is 18.9 Å². The van der Waals surface area contributed by atoms with Gasteiger partial charge in [-0.25, -0.2) is 0 Å². The van der Waals surface area contributed by atoms with Gasteiger partial charge < -0.3 is 15.1 Å². The second kappa shape index (κ2) is 8.06. The predicted octanol–water partition coefficient (Wildman–Crippen LogP) is 5.52. The van der Waals surface area contributed by atoms with Gasteiger partial charge in [0.25, 0.3) is 0 Å². The molecule has 2 atom stereocenters. The first-order valence-corrected chi connectivity index (χ1v) is 8.94. The molecule has 0 saturated carbocycles. The van der Waals surface area contributed by atoms with Crippen molar-refractivity contribution in [2.75, 3.05) is 5.32 Å². The zero-order valence-corrected chi connectivity index (χ0v) is 15.5. The van der Waals surface area contributed by atoms with Gasteiger partial charge in [0.2, 0.25) is 5.91 Å². The summed E-state index contributed by atoms with van der Waals surface area (Å²) in [5.41, 5.74) is -0.322. The molecule has 2 N–H and O–H groups in total. The number of alkyl halides is 3. The number of furan rings is 1. The highest BCUT2D eigenvalue weighted by molar-refractivity contribution is 5.92. The van der Waals surface area contributed by atoms with E-state index in [9.17, 15) is 18.0 Å². The molecule has 2 unspecified atom stereocenters. The standard InChI is InChI=1S/C21H21F3N2O2/c1-13(25-14(2)19-12-15-7-3-6-10-18(15)28-19)11-20(27)26-17-9-5-4-8-16(17)21(22,23)24/h3-10,12-14,25H,11H2,1-2H3,(H,26,27). The van der Waals surface area contributed by atoms with Gasteiger partial charge in [0, 0.05) is 17.8 Å². The summed E-state index contributed by atoms with van der Waals surface area (Å²) in [4.78, 5) is 12.2. The first kappa shape index (κ1) is 19.9. The SMILES string of the molecule is CC(CC(=O)Nc1ccccc1C(F)(F)F)NC(C)c1cc2ccccc2o1. The Balaban J connectivity index is 1.60. The second-order valence-electron chi connectivity index (χ2n) is 6.77. The van der Waals surface area contributed by atoms with Crippen LogP contribution in [0.15, 0.2) is 59.0 Å². The lowest BCUT2D eigenvalue weighted by Crippen LogP contribution is -2.32. The lowest BCUT2D eigenvalue weighted by atomic mass is 10.1. The second-order valence-corrected chi connectivity index (χ2v) is 6.77. The average Bonchev–Trinajstić information content (AvgIpc) is 3.05. The fourth-order valence-electron chi connectivity index (χ4n) is 3.10. The summed E-state index contributed by atoms with van der Waals surface area (Å²) in [6, 6.07) is 14.1. The third-order valence-electron chi connectivity index (χ3n) is 4.40. The number of para-hydroxylation sites is 2. The minimum atomic E-state index is -4.52. The van der Waals surface area contributed by atoms with Crippen molar-refractivity contribution in [1.82, 2.24) is 5.32 Å². The van der Waals surface area contributed by atoms with E-state index in [0.29, 0.717) is 0 Å². The molecule has 0 aliphatic rings. The van der Waals surface area contributed by atoms with E-state index < -0.39 is 17.6 Å². The molecule has 2 aromatic carbocycles. The molecule has 3 rings (SSSR count). The van der Waals surface area contributed by atoms with Crippen LogP contribution in [-0.2, 0) is 11.0 Å². The number of fused-ring (bicyclic) bond motifs is 1. The Bertz CT molecular complexity index is 932. The number of hydrogen-bond acceptors (Lipinski definition) is 3. The van der Waals surface area contributed by atoms with Gasteiger partial charge in [0.1, 0.15) is 11.3 Å². The molecule has 0 radical (unpaired) electrons. The van der Waals surface area contributed by atoms with E-state index in [0.717, 1.165) is 22.8 Å². The molecule has 3 aromatic rings. The lowest BCUT2D eigenvalue weighted by Gasteiger charge is -2.19. The van der Waals surface area contributed by atoms with Crippen molar-refractivity contribution in [3.05, 3.63) is 65.9 Å². The Morgan fingerprint density at radius 2 is 1.75 bits per heavy atom. The zero-order valence-electron chi connectivity index (χ0n) is 15.5. The van der Waals surface area contributed by atoms with Crippen molar-refractivity contribution in [2.45, 2.75) is 38.5 Å². The third-order valence-corrected chi connectivity index (χ3v) is 4.40. The van der Waals surface area contributed by atoms with Crippen LogP contribution in [-0.4, -0.2) is 11.9 Å². The van der Waals surface area contributed by atoms with Crippen molar-refractivity contribution in [3.63, 3.8) is 0 Å². The highest BCUT2D eigenvalue weighted by Gasteiger charge is 2.33. The van der Waals surface area contributed by atoms with E-state index in [1.807, 2.05) is 37.3 Å². The van der Waals surface area contributed by atoms with Crippen LogP contribution in [0.5, 0.6) is 0 Å². The number of hydrogen-bond donors (Lipinski definition) is 2. The number of halogens is 3. The van der Waals surface area contributed by atoms with E-state index in [1.165, 1.54) is 18.2 Å². The van der Waals surface area contributed by atoms with Gasteiger partial charge in [-0.2, -0.15) is 13.2 Å². The number of rotatable bonds is 6. The average molecular weight is 390 g/mol. The number of anilines is 1. The number of benzene rings is 2. The maximum atomic E-state index is 13.0. The third kappa shape index (κ3) is 4.72. The summed E-state index contributed by atoms with van der Waals surface area (Å²) in [6.45, 7) is 3.71. The molecule has 4 nitrogen and oxygen atoms in total. The molecule has 1 amide bonds. The molecular weight excluding hydrogens is 369 g/mol. The van der Waals surface area contributed by atoms with Gasteiger partial charge in [0.05, 0.1) is 17.3 Å². The quantitative estimate of drug-likeness (QED) is 0.583. The smallest absolute Gasteiger partial charge is 0.418 e. The van der Waals surface area contributed by atoms with Crippen LogP contribution in [0.2, 0.25) is 0 Å². The Hall–Kier alpha value is -2.80. The molecule has 1 heterocycles. The Morgan fingerprint density at radius 3 is 2.46 bits per heavy atom. The summed E-state index contributed by atoms with van der Waals surface area (Å²) in [5, 5.41) is 6.59. The highest BCUT2D eigenvalue weighted by Crippen LogP contribution is 2.34.